The topological polar surface area (TPSA) is 75.3 Å². The molecule has 0 bridgehead atoms. The number of nitrogens with one attached hydrogen (secondary N) is 2. The smallest absolute Gasteiger partial charge is 0.261 e. The summed E-state index contributed by atoms with van der Waals surface area (Å²) in [4.78, 5) is 12.5. The molecule has 0 aliphatic carbocycles. The Balaban J connectivity index is 1.77. The van der Waals surface area contributed by atoms with E-state index >= 15 is 0 Å². The molecule has 0 heterocycles. The number of sulfonamides is 1. The molecule has 7 heteroatoms. The minimum Gasteiger partial charge on any atom is -0.322 e. The Kier molecular flexibility index (Phi) is 5.58. The number of halogens is 1. The lowest BCUT2D eigenvalue weighted by molar-refractivity contribution is 0.102. The van der Waals surface area contributed by atoms with Crippen molar-refractivity contribution in [2.24, 2.45) is 0 Å². The molecule has 5 nitrogen and oxygen atoms in total. The Labute approximate surface area is 165 Å². The van der Waals surface area contributed by atoms with Crippen molar-refractivity contribution in [1.82, 2.24) is 0 Å². The van der Waals surface area contributed by atoms with Gasteiger partial charge in [-0.25, -0.2) is 8.42 Å². The van der Waals surface area contributed by atoms with Gasteiger partial charge in [0.15, 0.2) is 0 Å². The van der Waals surface area contributed by atoms with Crippen LogP contribution in [0, 0.1) is 3.57 Å². The van der Waals surface area contributed by atoms with Gasteiger partial charge in [-0.05, 0) is 71.1 Å². The maximum absolute atomic E-state index is 12.4. The summed E-state index contributed by atoms with van der Waals surface area (Å²) in [5.41, 5.74) is 1.41. The molecule has 26 heavy (non-hydrogen) atoms. The predicted octanol–water partition coefficient (Wildman–Crippen LogP) is 4.34. The van der Waals surface area contributed by atoms with E-state index in [4.69, 9.17) is 0 Å². The zero-order valence-corrected chi connectivity index (χ0v) is 16.5. The summed E-state index contributed by atoms with van der Waals surface area (Å²) < 4.78 is 28.3. The molecular weight excluding hydrogens is 463 g/mol. The number of anilines is 2. The van der Waals surface area contributed by atoms with Crippen molar-refractivity contribution in [3.8, 4) is 0 Å². The average molecular weight is 478 g/mol. The standard InChI is InChI=1S/C19H15IN2O3S/c20-15-7-4-6-14(12-15)19(23)21-16-8-5-9-17(13-16)22-26(24,25)18-10-2-1-3-11-18/h1-13,22H,(H,21,23). The largest absolute Gasteiger partial charge is 0.322 e. The summed E-state index contributed by atoms with van der Waals surface area (Å²) in [7, 11) is -3.68. The molecule has 0 spiro atoms. The molecule has 0 aromatic heterocycles. The van der Waals surface area contributed by atoms with Gasteiger partial charge >= 0.3 is 0 Å². The summed E-state index contributed by atoms with van der Waals surface area (Å²) in [6.07, 6.45) is 0. The monoisotopic (exact) mass is 478 g/mol. The molecule has 0 fully saturated rings. The summed E-state index contributed by atoms with van der Waals surface area (Å²) in [5, 5.41) is 2.77. The van der Waals surface area contributed by atoms with E-state index in [1.807, 2.05) is 6.07 Å². The highest BCUT2D eigenvalue weighted by Gasteiger charge is 2.14. The fourth-order valence-corrected chi connectivity index (χ4v) is 3.92. The summed E-state index contributed by atoms with van der Waals surface area (Å²) in [5.74, 6) is -0.258. The lowest BCUT2D eigenvalue weighted by atomic mass is 10.2. The first kappa shape index (κ1) is 18.4. The number of rotatable bonds is 5. The molecule has 0 saturated heterocycles. The third kappa shape index (κ3) is 4.61. The molecule has 0 radical (unpaired) electrons. The molecule has 3 aromatic rings. The van der Waals surface area contributed by atoms with Crippen molar-refractivity contribution in [3.63, 3.8) is 0 Å². The fraction of sp³-hybridized carbons (Fsp3) is 0. The first-order valence-electron chi connectivity index (χ1n) is 7.69. The minimum atomic E-state index is -3.68. The molecule has 0 aliphatic heterocycles. The van der Waals surface area contributed by atoms with E-state index in [9.17, 15) is 13.2 Å². The van der Waals surface area contributed by atoms with Gasteiger partial charge in [-0.3, -0.25) is 9.52 Å². The van der Waals surface area contributed by atoms with Crippen LogP contribution >= 0.6 is 22.6 Å². The molecule has 0 atom stereocenters. The van der Waals surface area contributed by atoms with Gasteiger partial charge in [0.25, 0.3) is 15.9 Å². The SMILES string of the molecule is O=C(Nc1cccc(NS(=O)(=O)c2ccccc2)c1)c1cccc(I)c1. The quantitative estimate of drug-likeness (QED) is 0.536. The fourth-order valence-electron chi connectivity index (χ4n) is 2.31. The number of benzene rings is 3. The van der Waals surface area contributed by atoms with Crippen molar-refractivity contribution in [2.75, 3.05) is 10.0 Å². The maximum atomic E-state index is 12.4. The Hall–Kier alpha value is -2.39. The van der Waals surface area contributed by atoms with Crippen LogP contribution < -0.4 is 10.0 Å². The van der Waals surface area contributed by atoms with E-state index < -0.39 is 10.0 Å². The predicted molar refractivity (Wildman–Crippen MR) is 111 cm³/mol. The van der Waals surface area contributed by atoms with E-state index in [2.05, 4.69) is 32.6 Å². The van der Waals surface area contributed by atoms with Gasteiger partial charge in [0.2, 0.25) is 0 Å². The van der Waals surface area contributed by atoms with Gasteiger partial charge in [-0.15, -0.1) is 0 Å². The van der Waals surface area contributed by atoms with Crippen molar-refractivity contribution in [2.45, 2.75) is 4.90 Å². The highest BCUT2D eigenvalue weighted by Crippen LogP contribution is 2.20. The van der Waals surface area contributed by atoms with Crippen LogP contribution in [0.1, 0.15) is 10.4 Å². The van der Waals surface area contributed by atoms with Crippen molar-refractivity contribution < 1.29 is 13.2 Å². The van der Waals surface area contributed by atoms with Gasteiger partial charge < -0.3 is 5.32 Å². The summed E-state index contributed by atoms with van der Waals surface area (Å²) in [6, 6.07) is 21.9. The molecule has 132 valence electrons. The highest BCUT2D eigenvalue weighted by molar-refractivity contribution is 14.1. The third-order valence-electron chi connectivity index (χ3n) is 3.51. The van der Waals surface area contributed by atoms with Gasteiger partial charge in [0, 0.05) is 14.8 Å². The second-order valence-electron chi connectivity index (χ2n) is 5.46. The Bertz CT molecular complexity index is 1040. The van der Waals surface area contributed by atoms with Crippen LogP contribution in [0.15, 0.2) is 83.8 Å². The van der Waals surface area contributed by atoms with Crippen molar-refractivity contribution in [3.05, 3.63) is 88.0 Å². The lowest BCUT2D eigenvalue weighted by Crippen LogP contribution is -2.14. The number of hydrogen-bond acceptors (Lipinski definition) is 3. The zero-order chi connectivity index (χ0) is 18.6. The maximum Gasteiger partial charge on any atom is 0.261 e. The Morgan fingerprint density at radius 1 is 0.808 bits per heavy atom. The van der Waals surface area contributed by atoms with Gasteiger partial charge in [-0.2, -0.15) is 0 Å². The molecule has 3 rings (SSSR count). The van der Waals surface area contributed by atoms with E-state index in [0.29, 0.717) is 16.9 Å². The van der Waals surface area contributed by atoms with E-state index in [1.165, 1.54) is 12.1 Å². The highest BCUT2D eigenvalue weighted by atomic mass is 127. The van der Waals surface area contributed by atoms with Gasteiger partial charge in [0.1, 0.15) is 0 Å². The minimum absolute atomic E-state index is 0.174. The molecule has 0 unspecified atom stereocenters. The second kappa shape index (κ2) is 7.88. The van der Waals surface area contributed by atoms with E-state index in [-0.39, 0.29) is 10.8 Å². The summed E-state index contributed by atoms with van der Waals surface area (Å²) >= 11 is 2.14. The van der Waals surface area contributed by atoms with Gasteiger partial charge in [-0.1, -0.05) is 30.3 Å². The van der Waals surface area contributed by atoms with Crippen LogP contribution in [0.25, 0.3) is 0 Å². The molecule has 3 aromatic carbocycles. The second-order valence-corrected chi connectivity index (χ2v) is 8.39. The van der Waals surface area contributed by atoms with E-state index in [0.717, 1.165) is 3.57 Å². The molecular formula is C19H15IN2O3S. The molecule has 0 saturated carbocycles. The van der Waals surface area contributed by atoms with Crippen molar-refractivity contribution in [1.29, 1.82) is 0 Å². The average Bonchev–Trinajstić information content (AvgIpc) is 2.62. The van der Waals surface area contributed by atoms with Crippen LogP contribution in [0.3, 0.4) is 0 Å². The molecule has 1 amide bonds. The van der Waals surface area contributed by atoms with Crippen molar-refractivity contribution >= 4 is 49.9 Å². The molecule has 0 aliphatic rings. The third-order valence-corrected chi connectivity index (χ3v) is 5.58. The zero-order valence-electron chi connectivity index (χ0n) is 13.5. The lowest BCUT2D eigenvalue weighted by Gasteiger charge is -2.10. The number of hydrogen-bond donors (Lipinski definition) is 2. The Morgan fingerprint density at radius 3 is 2.23 bits per heavy atom. The van der Waals surface area contributed by atoms with Crippen LogP contribution in [-0.2, 0) is 10.0 Å². The Morgan fingerprint density at radius 2 is 1.50 bits per heavy atom. The molecule has 2 N–H and O–H groups in total. The number of amides is 1. The van der Waals surface area contributed by atoms with Crippen LogP contribution in [-0.4, -0.2) is 14.3 Å². The number of carbonyl (C=O) groups excluding carboxylic acids is 1. The summed E-state index contributed by atoms with van der Waals surface area (Å²) in [6.45, 7) is 0. The van der Waals surface area contributed by atoms with Crippen LogP contribution in [0.5, 0.6) is 0 Å². The normalized spacial score (nSPS) is 11.0. The van der Waals surface area contributed by atoms with Gasteiger partial charge in [0.05, 0.1) is 10.6 Å². The number of carbonyl (C=O) groups is 1. The first-order chi connectivity index (χ1) is 12.4. The van der Waals surface area contributed by atoms with E-state index in [1.54, 1.807) is 60.7 Å². The first-order valence-corrected chi connectivity index (χ1v) is 10.3. The van der Waals surface area contributed by atoms with Crippen LogP contribution in [0.4, 0.5) is 11.4 Å². The van der Waals surface area contributed by atoms with Crippen LogP contribution in [0.2, 0.25) is 0 Å².